The fourth-order valence-corrected chi connectivity index (χ4v) is 1.91. The van der Waals surface area contributed by atoms with E-state index in [0.29, 0.717) is 0 Å². The third kappa shape index (κ3) is 4.74. The van der Waals surface area contributed by atoms with Gasteiger partial charge in [0, 0.05) is 25.3 Å². The van der Waals surface area contributed by atoms with Crippen LogP contribution < -0.4 is 0 Å². The minimum Gasteiger partial charge on any atom is -0.352 e. The molecule has 3 heteroatoms. The molecule has 0 saturated heterocycles. The quantitative estimate of drug-likeness (QED) is 0.464. The van der Waals surface area contributed by atoms with Crippen molar-refractivity contribution in [3.63, 3.8) is 0 Å². The largest absolute Gasteiger partial charge is 0.352 e. The molecule has 1 aromatic carbocycles. The van der Waals surface area contributed by atoms with Crippen LogP contribution in [0.1, 0.15) is 17.4 Å². The van der Waals surface area contributed by atoms with Gasteiger partial charge in [-0.05, 0) is 12.1 Å². The predicted molar refractivity (Wildman–Crippen MR) is 73.4 cm³/mol. The molecule has 1 rings (SSSR count). The Labute approximate surface area is 105 Å². The van der Waals surface area contributed by atoms with E-state index in [2.05, 4.69) is 31.1 Å². The summed E-state index contributed by atoms with van der Waals surface area (Å²) in [6, 6.07) is 8.00. The number of ether oxygens (including phenoxy) is 2. The maximum Gasteiger partial charge on any atom is 0.183 e. The highest BCUT2D eigenvalue weighted by molar-refractivity contribution is 6.83. The molecule has 0 fully saturated rings. The summed E-state index contributed by atoms with van der Waals surface area (Å²) in [6.45, 7) is 6.70. The van der Waals surface area contributed by atoms with Crippen LogP contribution in [0.25, 0.3) is 0 Å². The summed E-state index contributed by atoms with van der Waals surface area (Å²) in [5, 5.41) is 0. The number of methoxy groups -OCH3 is 2. The van der Waals surface area contributed by atoms with E-state index in [1.165, 1.54) is 0 Å². The molecule has 0 amide bonds. The molecule has 0 aliphatic rings. The average Bonchev–Trinajstić information content (AvgIpc) is 2.28. The molecule has 0 heterocycles. The van der Waals surface area contributed by atoms with Crippen LogP contribution in [0.3, 0.4) is 0 Å². The highest BCUT2D eigenvalue weighted by atomic mass is 28.3. The van der Waals surface area contributed by atoms with Gasteiger partial charge in [-0.15, -0.1) is 5.54 Å². The zero-order valence-corrected chi connectivity index (χ0v) is 12.2. The zero-order chi connectivity index (χ0) is 12.9. The van der Waals surface area contributed by atoms with Gasteiger partial charge in [-0.3, -0.25) is 0 Å². The van der Waals surface area contributed by atoms with Crippen LogP contribution >= 0.6 is 0 Å². The highest BCUT2D eigenvalue weighted by Crippen LogP contribution is 2.18. The predicted octanol–water partition coefficient (Wildman–Crippen LogP) is 3.21. The van der Waals surface area contributed by atoms with Gasteiger partial charge in [-0.2, -0.15) is 0 Å². The zero-order valence-electron chi connectivity index (χ0n) is 11.2. The van der Waals surface area contributed by atoms with Crippen LogP contribution in [-0.4, -0.2) is 22.3 Å². The van der Waals surface area contributed by atoms with E-state index in [1.54, 1.807) is 14.2 Å². The number of rotatable bonds is 3. The van der Waals surface area contributed by atoms with Gasteiger partial charge in [-0.1, -0.05) is 37.7 Å². The molecule has 17 heavy (non-hydrogen) atoms. The van der Waals surface area contributed by atoms with E-state index in [9.17, 15) is 0 Å². The minimum atomic E-state index is -1.32. The molecule has 0 spiro atoms. The average molecular weight is 248 g/mol. The standard InChI is InChI=1S/C14H20O2Si/c1-15-14(16-2)13-8-6-7-12(11-13)9-10-17(3,4)5/h6-8,11,14H,1-5H3. The second-order valence-corrected chi connectivity index (χ2v) is 9.68. The molecule has 0 aliphatic carbocycles. The van der Waals surface area contributed by atoms with Crippen molar-refractivity contribution in [2.75, 3.05) is 14.2 Å². The monoisotopic (exact) mass is 248 g/mol. The lowest BCUT2D eigenvalue weighted by Gasteiger charge is -2.13. The molecule has 92 valence electrons. The number of hydrogen-bond acceptors (Lipinski definition) is 2. The van der Waals surface area contributed by atoms with E-state index in [4.69, 9.17) is 9.47 Å². The highest BCUT2D eigenvalue weighted by Gasteiger charge is 2.09. The summed E-state index contributed by atoms with van der Waals surface area (Å²) in [5.74, 6) is 3.23. The van der Waals surface area contributed by atoms with Gasteiger partial charge in [0.25, 0.3) is 0 Å². The van der Waals surface area contributed by atoms with Gasteiger partial charge in [0.15, 0.2) is 6.29 Å². The van der Waals surface area contributed by atoms with Crippen molar-refractivity contribution in [3.8, 4) is 11.5 Å². The van der Waals surface area contributed by atoms with Gasteiger partial charge >= 0.3 is 0 Å². The molecule has 1 aromatic rings. The molecule has 0 aliphatic heterocycles. The van der Waals surface area contributed by atoms with E-state index < -0.39 is 8.07 Å². The van der Waals surface area contributed by atoms with Crippen molar-refractivity contribution in [3.05, 3.63) is 35.4 Å². The molecule has 0 radical (unpaired) electrons. The van der Waals surface area contributed by atoms with Gasteiger partial charge in [-0.25, -0.2) is 0 Å². The second kappa shape index (κ2) is 6.01. The molecule has 0 unspecified atom stereocenters. The summed E-state index contributed by atoms with van der Waals surface area (Å²) in [6.07, 6.45) is -0.316. The minimum absolute atomic E-state index is 0.316. The van der Waals surface area contributed by atoms with Crippen LogP contribution in [0.15, 0.2) is 24.3 Å². The first-order chi connectivity index (χ1) is 7.96. The maximum absolute atomic E-state index is 5.22. The molecule has 0 N–H and O–H groups in total. The molecule has 0 aromatic heterocycles. The molecule has 0 saturated carbocycles. The van der Waals surface area contributed by atoms with E-state index >= 15 is 0 Å². The Morgan fingerprint density at radius 1 is 1.12 bits per heavy atom. The third-order valence-electron chi connectivity index (χ3n) is 2.17. The summed E-state index contributed by atoms with van der Waals surface area (Å²) in [7, 11) is 1.94. The van der Waals surface area contributed by atoms with E-state index in [1.807, 2.05) is 24.3 Å². The second-order valence-electron chi connectivity index (χ2n) is 4.93. The lowest BCUT2D eigenvalue weighted by atomic mass is 10.1. The summed E-state index contributed by atoms with van der Waals surface area (Å²) < 4.78 is 10.4. The van der Waals surface area contributed by atoms with Crippen molar-refractivity contribution < 1.29 is 9.47 Å². The van der Waals surface area contributed by atoms with Gasteiger partial charge in [0.1, 0.15) is 8.07 Å². The van der Waals surface area contributed by atoms with Crippen LogP contribution in [0.2, 0.25) is 19.6 Å². The Morgan fingerprint density at radius 3 is 2.29 bits per heavy atom. The Morgan fingerprint density at radius 2 is 1.76 bits per heavy atom. The van der Waals surface area contributed by atoms with Crippen molar-refractivity contribution in [2.45, 2.75) is 25.9 Å². The lowest BCUT2D eigenvalue weighted by Crippen LogP contribution is -2.16. The molecule has 0 atom stereocenters. The van der Waals surface area contributed by atoms with Crippen molar-refractivity contribution in [2.24, 2.45) is 0 Å². The Balaban J connectivity index is 2.96. The van der Waals surface area contributed by atoms with Crippen LogP contribution in [0.5, 0.6) is 0 Å². The Kier molecular flexibility index (Phi) is 4.95. The summed E-state index contributed by atoms with van der Waals surface area (Å²) >= 11 is 0. The SMILES string of the molecule is COC(OC)c1cccc(C#C[Si](C)(C)C)c1. The smallest absolute Gasteiger partial charge is 0.183 e. The Hall–Kier alpha value is -1.08. The molecule has 0 bridgehead atoms. The summed E-state index contributed by atoms with van der Waals surface area (Å²) in [5.41, 5.74) is 5.36. The molecular weight excluding hydrogens is 228 g/mol. The van der Waals surface area contributed by atoms with Crippen LogP contribution in [-0.2, 0) is 9.47 Å². The lowest BCUT2D eigenvalue weighted by molar-refractivity contribution is -0.106. The third-order valence-corrected chi connectivity index (χ3v) is 3.04. The van der Waals surface area contributed by atoms with Crippen molar-refractivity contribution in [1.82, 2.24) is 0 Å². The first-order valence-electron chi connectivity index (χ1n) is 5.65. The molecule has 2 nitrogen and oxygen atoms in total. The summed E-state index contributed by atoms with van der Waals surface area (Å²) in [4.78, 5) is 0. The van der Waals surface area contributed by atoms with Crippen molar-refractivity contribution in [1.29, 1.82) is 0 Å². The first kappa shape index (κ1) is 14.0. The Bertz CT molecular complexity index is 420. The fourth-order valence-electron chi connectivity index (χ4n) is 1.39. The number of benzene rings is 1. The van der Waals surface area contributed by atoms with E-state index in [-0.39, 0.29) is 6.29 Å². The first-order valence-corrected chi connectivity index (χ1v) is 9.15. The van der Waals surface area contributed by atoms with Crippen LogP contribution in [0.4, 0.5) is 0 Å². The normalized spacial score (nSPS) is 11.2. The fraction of sp³-hybridized carbons (Fsp3) is 0.429. The van der Waals surface area contributed by atoms with Gasteiger partial charge in [0.05, 0.1) is 0 Å². The maximum atomic E-state index is 5.22. The topological polar surface area (TPSA) is 18.5 Å². The van der Waals surface area contributed by atoms with Crippen LogP contribution in [0, 0.1) is 11.5 Å². The van der Waals surface area contributed by atoms with Gasteiger partial charge in [0.2, 0.25) is 0 Å². The number of hydrogen-bond donors (Lipinski definition) is 0. The van der Waals surface area contributed by atoms with E-state index in [0.717, 1.165) is 11.1 Å². The van der Waals surface area contributed by atoms with Gasteiger partial charge < -0.3 is 9.47 Å². The van der Waals surface area contributed by atoms with Crippen molar-refractivity contribution >= 4 is 8.07 Å². The molecular formula is C14H20O2Si.